The van der Waals surface area contributed by atoms with Crippen LogP contribution in [0.15, 0.2) is 28.7 Å². The zero-order valence-corrected chi connectivity index (χ0v) is 10.1. The van der Waals surface area contributed by atoms with Crippen molar-refractivity contribution in [1.29, 1.82) is 0 Å². The topological polar surface area (TPSA) is 4.93 Å². The van der Waals surface area contributed by atoms with E-state index < -0.39 is 12.6 Å². The summed E-state index contributed by atoms with van der Waals surface area (Å²) in [6.07, 6.45) is -5.06. The largest absolute Gasteiger partial charge is 0.394 e. The quantitative estimate of drug-likeness (QED) is 0.747. The molecule has 0 amide bonds. The first-order valence-corrected chi connectivity index (χ1v) is 5.47. The lowest BCUT2D eigenvalue weighted by atomic mass is 10.2. The van der Waals surface area contributed by atoms with Crippen LogP contribution in [0, 0.1) is 0 Å². The molecule has 0 unspecified atom stereocenters. The fraction of sp³-hybridized carbons (Fsp3) is 0.273. The van der Waals surface area contributed by atoms with Crippen LogP contribution in [0.2, 0.25) is 0 Å². The highest BCUT2D eigenvalue weighted by Gasteiger charge is 2.29. The molecule has 1 aromatic carbocycles. The Hall–Kier alpha value is -0.970. The molecule has 0 bridgehead atoms. The van der Waals surface area contributed by atoms with Gasteiger partial charge in [0, 0.05) is 22.7 Å². The standard InChI is InChI=1S/C11H9BrF3N/c1-16-9(6-11(13,14)15)4-7-2-3-8(12)5-10(7)16/h2-5H,6H2,1H3. The monoisotopic (exact) mass is 291 g/mol. The van der Waals surface area contributed by atoms with Gasteiger partial charge in [-0.2, -0.15) is 13.2 Å². The Morgan fingerprint density at radius 2 is 1.94 bits per heavy atom. The average Bonchev–Trinajstić information content (AvgIpc) is 2.42. The van der Waals surface area contributed by atoms with Gasteiger partial charge in [0.1, 0.15) is 0 Å². The second-order valence-corrected chi connectivity index (χ2v) is 4.61. The van der Waals surface area contributed by atoms with Crippen LogP contribution >= 0.6 is 15.9 Å². The van der Waals surface area contributed by atoms with Gasteiger partial charge < -0.3 is 4.57 Å². The van der Waals surface area contributed by atoms with Crippen molar-refractivity contribution >= 4 is 26.8 Å². The summed E-state index contributed by atoms with van der Waals surface area (Å²) in [4.78, 5) is 0. The molecule has 0 saturated heterocycles. The highest BCUT2D eigenvalue weighted by atomic mass is 79.9. The van der Waals surface area contributed by atoms with E-state index in [1.165, 1.54) is 0 Å². The number of rotatable bonds is 1. The molecule has 0 aliphatic heterocycles. The van der Waals surface area contributed by atoms with Gasteiger partial charge in [-0.05, 0) is 23.6 Å². The third-order valence-corrected chi connectivity index (χ3v) is 2.98. The smallest absolute Gasteiger partial charge is 0.347 e. The van der Waals surface area contributed by atoms with Crippen LogP contribution in [0.25, 0.3) is 10.9 Å². The first-order chi connectivity index (χ1) is 7.37. The number of aromatic nitrogens is 1. The summed E-state index contributed by atoms with van der Waals surface area (Å²) in [5.41, 5.74) is 1.08. The molecule has 0 fully saturated rings. The van der Waals surface area contributed by atoms with Crippen LogP contribution in [0.3, 0.4) is 0 Å². The number of hydrogen-bond acceptors (Lipinski definition) is 0. The van der Waals surface area contributed by atoms with E-state index in [-0.39, 0.29) is 5.69 Å². The van der Waals surface area contributed by atoms with Crippen molar-refractivity contribution in [3.8, 4) is 0 Å². The van der Waals surface area contributed by atoms with E-state index in [1.54, 1.807) is 23.7 Å². The average molecular weight is 292 g/mol. The van der Waals surface area contributed by atoms with Gasteiger partial charge in [0.25, 0.3) is 0 Å². The fourth-order valence-corrected chi connectivity index (χ4v) is 2.08. The molecular formula is C11H9BrF3N. The first-order valence-electron chi connectivity index (χ1n) is 4.67. The highest BCUT2D eigenvalue weighted by molar-refractivity contribution is 9.10. The number of nitrogens with zero attached hydrogens (tertiary/aromatic N) is 1. The van der Waals surface area contributed by atoms with Gasteiger partial charge in [0.15, 0.2) is 0 Å². The van der Waals surface area contributed by atoms with Gasteiger partial charge in [-0.25, -0.2) is 0 Å². The van der Waals surface area contributed by atoms with Crippen LogP contribution in [-0.4, -0.2) is 10.7 Å². The Morgan fingerprint density at radius 1 is 1.25 bits per heavy atom. The number of hydrogen-bond donors (Lipinski definition) is 0. The number of benzene rings is 1. The predicted molar refractivity (Wildman–Crippen MR) is 60.4 cm³/mol. The second kappa shape index (κ2) is 3.80. The number of fused-ring (bicyclic) bond motifs is 1. The number of halogens is 4. The van der Waals surface area contributed by atoms with Crippen molar-refractivity contribution in [1.82, 2.24) is 4.57 Å². The van der Waals surface area contributed by atoms with Crippen molar-refractivity contribution in [2.45, 2.75) is 12.6 Å². The molecule has 0 spiro atoms. The van der Waals surface area contributed by atoms with Gasteiger partial charge >= 0.3 is 6.18 Å². The van der Waals surface area contributed by atoms with Crippen LogP contribution in [0.5, 0.6) is 0 Å². The number of alkyl halides is 3. The fourth-order valence-electron chi connectivity index (χ4n) is 1.74. The minimum atomic E-state index is -4.17. The maximum absolute atomic E-state index is 12.3. The molecule has 1 heterocycles. The normalized spacial score (nSPS) is 12.3. The molecule has 2 aromatic rings. The summed E-state index contributed by atoms with van der Waals surface area (Å²) in [7, 11) is 1.65. The van der Waals surface area contributed by atoms with Crippen LogP contribution in [-0.2, 0) is 13.5 Å². The Morgan fingerprint density at radius 3 is 2.56 bits per heavy atom. The lowest BCUT2D eigenvalue weighted by Gasteiger charge is -2.07. The molecule has 86 valence electrons. The van der Waals surface area contributed by atoms with Crippen LogP contribution < -0.4 is 0 Å². The Labute approximate surface area is 99.0 Å². The molecule has 0 atom stereocenters. The summed E-state index contributed by atoms with van der Waals surface area (Å²) < 4.78 is 39.4. The van der Waals surface area contributed by atoms with Crippen LogP contribution in [0.4, 0.5) is 13.2 Å². The van der Waals surface area contributed by atoms with Gasteiger partial charge in [-0.15, -0.1) is 0 Å². The third kappa shape index (κ3) is 2.24. The van der Waals surface area contributed by atoms with Crippen molar-refractivity contribution < 1.29 is 13.2 Å². The molecule has 1 nitrogen and oxygen atoms in total. The molecule has 1 aromatic heterocycles. The second-order valence-electron chi connectivity index (χ2n) is 3.69. The lowest BCUT2D eigenvalue weighted by Crippen LogP contribution is -2.13. The Kier molecular flexibility index (Phi) is 2.74. The van der Waals surface area contributed by atoms with Gasteiger partial charge in [0.2, 0.25) is 0 Å². The van der Waals surface area contributed by atoms with E-state index in [0.29, 0.717) is 0 Å². The maximum atomic E-state index is 12.3. The van der Waals surface area contributed by atoms with E-state index in [9.17, 15) is 13.2 Å². The molecule has 0 N–H and O–H groups in total. The van der Waals surface area contributed by atoms with E-state index >= 15 is 0 Å². The first kappa shape index (κ1) is 11.5. The SMILES string of the molecule is Cn1c(CC(F)(F)F)cc2ccc(Br)cc21. The zero-order valence-electron chi connectivity index (χ0n) is 8.48. The molecule has 16 heavy (non-hydrogen) atoms. The highest BCUT2D eigenvalue weighted by Crippen LogP contribution is 2.27. The molecular weight excluding hydrogens is 283 g/mol. The maximum Gasteiger partial charge on any atom is 0.394 e. The Balaban J connectivity index is 2.52. The van der Waals surface area contributed by atoms with E-state index in [1.807, 2.05) is 12.1 Å². The van der Waals surface area contributed by atoms with Gasteiger partial charge in [-0.1, -0.05) is 22.0 Å². The molecule has 0 saturated carbocycles. The molecule has 5 heteroatoms. The molecule has 0 radical (unpaired) electrons. The molecule has 0 aliphatic rings. The van der Waals surface area contributed by atoms with Crippen molar-refractivity contribution in [3.63, 3.8) is 0 Å². The third-order valence-electron chi connectivity index (χ3n) is 2.49. The van der Waals surface area contributed by atoms with Gasteiger partial charge in [-0.3, -0.25) is 0 Å². The zero-order chi connectivity index (χ0) is 11.9. The van der Waals surface area contributed by atoms with Crippen molar-refractivity contribution in [2.24, 2.45) is 7.05 Å². The predicted octanol–water partition coefficient (Wildman–Crippen LogP) is 4.05. The lowest BCUT2D eigenvalue weighted by molar-refractivity contribution is -0.128. The summed E-state index contributed by atoms with van der Waals surface area (Å²) >= 11 is 3.30. The van der Waals surface area contributed by atoms with E-state index in [4.69, 9.17) is 0 Å². The summed E-state index contributed by atoms with van der Waals surface area (Å²) in [5, 5.41) is 0.824. The minimum absolute atomic E-state index is 0.278. The van der Waals surface area contributed by atoms with Gasteiger partial charge in [0.05, 0.1) is 6.42 Å². The van der Waals surface area contributed by atoms with E-state index in [2.05, 4.69) is 15.9 Å². The van der Waals surface area contributed by atoms with Crippen LogP contribution in [0.1, 0.15) is 5.69 Å². The Bertz CT molecular complexity index is 528. The minimum Gasteiger partial charge on any atom is -0.347 e. The molecule has 0 aliphatic carbocycles. The summed E-state index contributed by atoms with van der Waals surface area (Å²) in [6, 6.07) is 7.02. The number of aryl methyl sites for hydroxylation is 1. The summed E-state index contributed by atoms with van der Waals surface area (Å²) in [6.45, 7) is 0. The van der Waals surface area contributed by atoms with Crippen molar-refractivity contribution in [2.75, 3.05) is 0 Å². The summed E-state index contributed by atoms with van der Waals surface area (Å²) in [5.74, 6) is 0. The van der Waals surface area contributed by atoms with E-state index in [0.717, 1.165) is 15.4 Å². The van der Waals surface area contributed by atoms with Crippen molar-refractivity contribution in [3.05, 3.63) is 34.4 Å². The molecule has 2 rings (SSSR count).